The van der Waals surface area contributed by atoms with E-state index >= 15 is 0 Å². The summed E-state index contributed by atoms with van der Waals surface area (Å²) < 4.78 is 64.4. The van der Waals surface area contributed by atoms with Gasteiger partial charge in [0, 0.05) is 11.8 Å². The van der Waals surface area contributed by atoms with Crippen molar-refractivity contribution in [1.29, 1.82) is 0 Å². The second-order valence-electron chi connectivity index (χ2n) is 6.81. The highest BCUT2D eigenvalue weighted by Crippen LogP contribution is 2.55. The number of alkyl halides is 2. The molecule has 1 aromatic carbocycles. The Bertz CT molecular complexity index is 898. The van der Waals surface area contributed by atoms with Gasteiger partial charge in [-0.1, -0.05) is 0 Å². The van der Waals surface area contributed by atoms with Gasteiger partial charge in [0.15, 0.2) is 0 Å². The minimum atomic E-state index is -4.40. The van der Waals surface area contributed by atoms with Gasteiger partial charge < -0.3 is 14.6 Å². The number of hydrogen-bond donors (Lipinski definition) is 1. The summed E-state index contributed by atoms with van der Waals surface area (Å²) in [6.07, 6.45) is -4.75. The standard InChI is InChI=1S/C16H14F2O8S/c17-16(18,15(20)21)25-9-3-1-7(2-4-9)14(19)24-12-8-5-10-11(6-8)27(22,23)26-13(10)12/h1-4,8,10-13H,5-6H2,(H,20,21). The first-order chi connectivity index (χ1) is 12.6. The van der Waals surface area contributed by atoms with Crippen molar-refractivity contribution in [3.63, 3.8) is 0 Å². The van der Waals surface area contributed by atoms with E-state index in [-0.39, 0.29) is 17.4 Å². The first-order valence-corrected chi connectivity index (χ1v) is 9.59. The summed E-state index contributed by atoms with van der Waals surface area (Å²) in [6.45, 7) is 0. The monoisotopic (exact) mass is 404 g/mol. The fourth-order valence-electron chi connectivity index (χ4n) is 4.09. The first-order valence-electron chi connectivity index (χ1n) is 8.12. The normalized spacial score (nSPS) is 33.0. The number of carboxylic acids is 1. The van der Waals surface area contributed by atoms with E-state index in [9.17, 15) is 26.8 Å². The highest BCUT2D eigenvalue weighted by Gasteiger charge is 2.65. The highest BCUT2D eigenvalue weighted by atomic mass is 32.2. The van der Waals surface area contributed by atoms with Crippen LogP contribution in [-0.2, 0) is 23.8 Å². The zero-order chi connectivity index (χ0) is 19.6. The maximum Gasteiger partial charge on any atom is 0.501 e. The van der Waals surface area contributed by atoms with Crippen LogP contribution < -0.4 is 4.74 Å². The van der Waals surface area contributed by atoms with Gasteiger partial charge in [0.1, 0.15) is 18.0 Å². The van der Waals surface area contributed by atoms with Crippen LogP contribution in [0, 0.1) is 11.8 Å². The molecular formula is C16H14F2O8S. The lowest BCUT2D eigenvalue weighted by atomic mass is 9.94. The molecule has 1 heterocycles. The third-order valence-corrected chi connectivity index (χ3v) is 7.02. The number of esters is 1. The van der Waals surface area contributed by atoms with Crippen molar-refractivity contribution < 1.29 is 45.6 Å². The molecule has 2 bridgehead atoms. The first kappa shape index (κ1) is 18.1. The van der Waals surface area contributed by atoms with Gasteiger partial charge >= 0.3 is 18.0 Å². The topological polar surface area (TPSA) is 116 Å². The zero-order valence-corrected chi connectivity index (χ0v) is 14.4. The predicted molar refractivity (Wildman–Crippen MR) is 82.7 cm³/mol. The van der Waals surface area contributed by atoms with Crippen LogP contribution in [-0.4, -0.2) is 49.0 Å². The molecule has 0 radical (unpaired) electrons. The Balaban J connectivity index is 1.43. The average molecular weight is 404 g/mol. The van der Waals surface area contributed by atoms with E-state index in [1.54, 1.807) is 0 Å². The molecule has 1 saturated heterocycles. The third kappa shape index (κ3) is 2.94. The van der Waals surface area contributed by atoms with Crippen LogP contribution in [0.1, 0.15) is 23.2 Å². The minimum absolute atomic E-state index is 0.0289. The quantitative estimate of drug-likeness (QED) is 0.578. The molecule has 11 heteroatoms. The van der Waals surface area contributed by atoms with Crippen LogP contribution in [0.15, 0.2) is 24.3 Å². The van der Waals surface area contributed by atoms with Crippen LogP contribution in [0.3, 0.4) is 0 Å². The Labute approximate surface area is 152 Å². The van der Waals surface area contributed by atoms with Crippen LogP contribution in [0.2, 0.25) is 0 Å². The number of carboxylic acid groups (broad SMARTS) is 1. The van der Waals surface area contributed by atoms with E-state index < -0.39 is 51.4 Å². The largest absolute Gasteiger partial charge is 0.501 e. The molecular weight excluding hydrogens is 390 g/mol. The van der Waals surface area contributed by atoms with Crippen molar-refractivity contribution in [1.82, 2.24) is 0 Å². The number of carbonyl (C=O) groups excluding carboxylic acids is 1. The number of carbonyl (C=O) groups is 2. The molecule has 1 N–H and O–H groups in total. The van der Waals surface area contributed by atoms with Crippen molar-refractivity contribution in [3.8, 4) is 5.75 Å². The zero-order valence-electron chi connectivity index (χ0n) is 13.6. The molecule has 4 rings (SSSR count). The molecule has 146 valence electrons. The summed E-state index contributed by atoms with van der Waals surface area (Å²) in [4.78, 5) is 22.7. The Morgan fingerprint density at radius 2 is 1.85 bits per heavy atom. The van der Waals surface area contributed by atoms with Gasteiger partial charge in [-0.15, -0.1) is 0 Å². The maximum absolute atomic E-state index is 13.0. The fraction of sp³-hybridized carbons (Fsp3) is 0.500. The molecule has 27 heavy (non-hydrogen) atoms. The number of hydrogen-bond acceptors (Lipinski definition) is 7. The lowest BCUT2D eigenvalue weighted by Gasteiger charge is -2.24. The lowest BCUT2D eigenvalue weighted by Crippen LogP contribution is -2.37. The number of halogens is 2. The Morgan fingerprint density at radius 1 is 1.19 bits per heavy atom. The molecule has 0 aromatic heterocycles. The molecule has 3 fully saturated rings. The van der Waals surface area contributed by atoms with Crippen LogP contribution in [0.4, 0.5) is 8.78 Å². The number of benzene rings is 1. The Hall–Kier alpha value is -2.27. The number of fused-ring (bicyclic) bond motifs is 1. The molecule has 0 spiro atoms. The van der Waals surface area contributed by atoms with Crippen LogP contribution >= 0.6 is 0 Å². The second-order valence-corrected chi connectivity index (χ2v) is 8.59. The summed E-state index contributed by atoms with van der Waals surface area (Å²) in [5.74, 6) is -3.90. The molecule has 3 aliphatic rings. The van der Waals surface area contributed by atoms with Crippen molar-refractivity contribution in [2.45, 2.75) is 36.4 Å². The lowest BCUT2D eigenvalue weighted by molar-refractivity contribution is -0.210. The minimum Gasteiger partial charge on any atom is -0.474 e. The van der Waals surface area contributed by atoms with E-state index in [2.05, 4.69) is 4.74 Å². The second kappa shape index (κ2) is 5.86. The molecule has 5 unspecified atom stereocenters. The summed E-state index contributed by atoms with van der Waals surface area (Å²) in [5.41, 5.74) is 0.0289. The Morgan fingerprint density at radius 3 is 2.48 bits per heavy atom. The number of rotatable bonds is 5. The van der Waals surface area contributed by atoms with Gasteiger partial charge in [0.05, 0.1) is 10.8 Å². The molecule has 5 atom stereocenters. The average Bonchev–Trinajstić information content (AvgIpc) is 3.19. The van der Waals surface area contributed by atoms with Gasteiger partial charge in [0.25, 0.3) is 10.1 Å². The van der Waals surface area contributed by atoms with E-state index in [1.807, 2.05) is 0 Å². The van der Waals surface area contributed by atoms with Crippen molar-refractivity contribution in [3.05, 3.63) is 29.8 Å². The summed E-state index contributed by atoms with van der Waals surface area (Å²) >= 11 is 0. The van der Waals surface area contributed by atoms with Crippen LogP contribution in [0.25, 0.3) is 0 Å². The predicted octanol–water partition coefficient (Wildman–Crippen LogP) is 1.41. The van der Waals surface area contributed by atoms with Gasteiger partial charge in [-0.25, -0.2) is 9.59 Å². The summed E-state index contributed by atoms with van der Waals surface area (Å²) in [5, 5.41) is 7.81. The van der Waals surface area contributed by atoms with Crippen molar-refractivity contribution >= 4 is 22.1 Å². The number of aliphatic carboxylic acids is 1. The highest BCUT2D eigenvalue weighted by molar-refractivity contribution is 7.87. The third-order valence-electron chi connectivity index (χ3n) is 5.24. The van der Waals surface area contributed by atoms with Crippen molar-refractivity contribution in [2.24, 2.45) is 11.8 Å². The smallest absolute Gasteiger partial charge is 0.474 e. The van der Waals surface area contributed by atoms with Gasteiger partial charge in [-0.05, 0) is 37.1 Å². The van der Waals surface area contributed by atoms with Gasteiger partial charge in [0.2, 0.25) is 0 Å². The molecule has 2 saturated carbocycles. The molecule has 1 aromatic rings. The fourth-order valence-corrected chi connectivity index (χ4v) is 5.97. The van der Waals surface area contributed by atoms with Crippen LogP contribution in [0.5, 0.6) is 5.75 Å². The van der Waals surface area contributed by atoms with Gasteiger partial charge in [-0.2, -0.15) is 17.2 Å². The molecule has 2 aliphatic carbocycles. The van der Waals surface area contributed by atoms with E-state index in [0.717, 1.165) is 24.3 Å². The maximum atomic E-state index is 13.0. The molecule has 0 amide bonds. The van der Waals surface area contributed by atoms with E-state index in [1.165, 1.54) is 0 Å². The summed E-state index contributed by atoms with van der Waals surface area (Å²) in [7, 11) is -3.62. The summed E-state index contributed by atoms with van der Waals surface area (Å²) in [6, 6.07) is 4.33. The Kier molecular flexibility index (Phi) is 3.93. The van der Waals surface area contributed by atoms with E-state index in [4.69, 9.17) is 14.0 Å². The SMILES string of the molecule is O=C(OC1C2CC3C1OS(=O)(=O)C3C2)c1ccc(OC(F)(F)C(=O)O)cc1. The van der Waals surface area contributed by atoms with E-state index in [0.29, 0.717) is 12.8 Å². The van der Waals surface area contributed by atoms with Crippen molar-refractivity contribution in [2.75, 3.05) is 0 Å². The number of ether oxygens (including phenoxy) is 2. The molecule has 1 aliphatic heterocycles. The van der Waals surface area contributed by atoms with Gasteiger partial charge in [-0.3, -0.25) is 4.18 Å². The molecule has 8 nitrogen and oxygen atoms in total.